The molecule has 24 heavy (non-hydrogen) atoms. The first-order chi connectivity index (χ1) is 11.6. The monoisotopic (exact) mass is 347 g/mol. The summed E-state index contributed by atoms with van der Waals surface area (Å²) in [4.78, 5) is 16.8. The molecule has 1 atom stereocenters. The number of nitrogens with zero attached hydrogens (tertiary/aromatic N) is 3. The number of halogens is 1. The van der Waals surface area contributed by atoms with E-state index < -0.39 is 11.0 Å². The van der Waals surface area contributed by atoms with E-state index in [0.717, 1.165) is 18.4 Å². The fraction of sp³-hybridized carbons (Fsp3) is 0.353. The summed E-state index contributed by atoms with van der Waals surface area (Å²) in [5.74, 6) is 0.520. The Morgan fingerprint density at radius 3 is 2.54 bits per heavy atom. The van der Waals surface area contributed by atoms with Crippen molar-refractivity contribution >= 4 is 23.1 Å². The van der Waals surface area contributed by atoms with Crippen LogP contribution in [0.15, 0.2) is 42.6 Å². The number of benzene rings is 1. The standard InChI is InChI=1S/C17H18ClN3O3/c18-14-5-3-12(4-6-14)16(22)13-7-10-20(11-8-13)17-15(21(23)24)2-1-9-19-17/h1-6,9,13,16,22H,7-8,10-11H2. The van der Waals surface area contributed by atoms with Gasteiger partial charge in [-0.3, -0.25) is 10.1 Å². The van der Waals surface area contributed by atoms with E-state index in [-0.39, 0.29) is 11.6 Å². The van der Waals surface area contributed by atoms with Crippen molar-refractivity contribution in [3.63, 3.8) is 0 Å². The minimum absolute atomic E-state index is 0.0224. The number of pyridine rings is 1. The van der Waals surface area contributed by atoms with Crippen LogP contribution in [0.1, 0.15) is 24.5 Å². The zero-order chi connectivity index (χ0) is 17.1. The second kappa shape index (κ2) is 7.15. The van der Waals surface area contributed by atoms with E-state index >= 15 is 0 Å². The maximum Gasteiger partial charge on any atom is 0.311 e. The molecule has 0 saturated carbocycles. The molecule has 1 aliphatic heterocycles. The number of hydrogen-bond acceptors (Lipinski definition) is 5. The SMILES string of the molecule is O=[N+]([O-])c1cccnc1N1CCC(C(O)c2ccc(Cl)cc2)CC1. The molecule has 0 aliphatic carbocycles. The van der Waals surface area contributed by atoms with Gasteiger partial charge in [-0.05, 0) is 42.5 Å². The Hall–Kier alpha value is -2.18. The van der Waals surface area contributed by atoms with Crippen LogP contribution in [0.25, 0.3) is 0 Å². The lowest BCUT2D eigenvalue weighted by Crippen LogP contribution is -2.36. The van der Waals surface area contributed by atoms with E-state index in [9.17, 15) is 15.2 Å². The number of nitro groups is 1. The zero-order valence-corrected chi connectivity index (χ0v) is 13.8. The Morgan fingerprint density at radius 2 is 1.92 bits per heavy atom. The summed E-state index contributed by atoms with van der Waals surface area (Å²) in [5, 5.41) is 22.3. The number of piperidine rings is 1. The lowest BCUT2D eigenvalue weighted by molar-refractivity contribution is -0.384. The predicted molar refractivity (Wildman–Crippen MR) is 92.2 cm³/mol. The molecule has 7 heteroatoms. The normalized spacial score (nSPS) is 16.8. The van der Waals surface area contributed by atoms with Gasteiger partial charge in [0.2, 0.25) is 5.82 Å². The molecule has 0 spiro atoms. The number of hydrogen-bond donors (Lipinski definition) is 1. The Bertz CT molecular complexity index is 715. The number of rotatable bonds is 4. The molecule has 1 aliphatic rings. The van der Waals surface area contributed by atoms with E-state index in [1.165, 1.54) is 6.07 Å². The molecule has 1 saturated heterocycles. The van der Waals surface area contributed by atoms with Crippen LogP contribution in [-0.2, 0) is 0 Å². The number of aliphatic hydroxyl groups is 1. The molecule has 1 aromatic heterocycles. The molecular weight excluding hydrogens is 330 g/mol. The van der Waals surface area contributed by atoms with Gasteiger partial charge in [0, 0.05) is 30.4 Å². The van der Waals surface area contributed by atoms with Gasteiger partial charge in [0.1, 0.15) is 0 Å². The maximum atomic E-state index is 11.1. The quantitative estimate of drug-likeness (QED) is 0.675. The number of aliphatic hydroxyl groups excluding tert-OH is 1. The van der Waals surface area contributed by atoms with Crippen molar-refractivity contribution in [2.75, 3.05) is 18.0 Å². The summed E-state index contributed by atoms with van der Waals surface area (Å²) in [7, 11) is 0. The van der Waals surface area contributed by atoms with Crippen LogP contribution >= 0.6 is 11.6 Å². The van der Waals surface area contributed by atoms with Crippen LogP contribution in [-0.4, -0.2) is 28.1 Å². The lowest BCUT2D eigenvalue weighted by Gasteiger charge is -2.34. The van der Waals surface area contributed by atoms with Crippen molar-refractivity contribution in [3.05, 3.63) is 63.3 Å². The van der Waals surface area contributed by atoms with Crippen LogP contribution < -0.4 is 4.90 Å². The first kappa shape index (κ1) is 16.7. The minimum Gasteiger partial charge on any atom is -0.388 e. The lowest BCUT2D eigenvalue weighted by atomic mass is 9.87. The molecule has 1 N–H and O–H groups in total. The third kappa shape index (κ3) is 3.49. The van der Waals surface area contributed by atoms with Crippen molar-refractivity contribution < 1.29 is 10.0 Å². The fourth-order valence-corrected chi connectivity index (χ4v) is 3.26. The summed E-state index contributed by atoms with van der Waals surface area (Å²) in [6, 6.07) is 10.3. The molecule has 126 valence electrons. The second-order valence-corrected chi connectivity index (χ2v) is 6.36. The Labute approximate surface area is 144 Å². The molecule has 3 rings (SSSR count). The van der Waals surface area contributed by atoms with E-state index in [2.05, 4.69) is 4.98 Å². The first-order valence-corrected chi connectivity index (χ1v) is 8.22. The third-order valence-corrected chi connectivity index (χ3v) is 4.71. The molecule has 0 bridgehead atoms. The van der Waals surface area contributed by atoms with Gasteiger partial charge in [-0.2, -0.15) is 0 Å². The molecule has 1 fully saturated rings. The van der Waals surface area contributed by atoms with Gasteiger partial charge in [-0.1, -0.05) is 23.7 Å². The van der Waals surface area contributed by atoms with Crippen molar-refractivity contribution in [1.29, 1.82) is 0 Å². The smallest absolute Gasteiger partial charge is 0.311 e. The molecule has 0 radical (unpaired) electrons. The van der Waals surface area contributed by atoms with E-state index in [1.54, 1.807) is 24.4 Å². The summed E-state index contributed by atoms with van der Waals surface area (Å²) in [6.07, 6.45) is 2.51. The number of aromatic nitrogens is 1. The maximum absolute atomic E-state index is 11.1. The Morgan fingerprint density at radius 1 is 1.25 bits per heavy atom. The average molecular weight is 348 g/mol. The highest BCUT2D eigenvalue weighted by Gasteiger charge is 2.29. The summed E-state index contributed by atoms with van der Waals surface area (Å²) in [6.45, 7) is 1.26. The molecule has 2 heterocycles. The van der Waals surface area contributed by atoms with Crippen molar-refractivity contribution in [3.8, 4) is 0 Å². The molecule has 0 amide bonds. The molecule has 1 unspecified atom stereocenters. The fourth-order valence-electron chi connectivity index (χ4n) is 3.13. The summed E-state index contributed by atoms with van der Waals surface area (Å²) in [5.41, 5.74) is 0.871. The largest absolute Gasteiger partial charge is 0.388 e. The van der Waals surface area contributed by atoms with Crippen molar-refractivity contribution in [2.24, 2.45) is 5.92 Å². The van der Waals surface area contributed by atoms with Crippen LogP contribution in [0.5, 0.6) is 0 Å². The average Bonchev–Trinajstić information content (AvgIpc) is 2.62. The van der Waals surface area contributed by atoms with Crippen LogP contribution in [0.3, 0.4) is 0 Å². The van der Waals surface area contributed by atoms with Gasteiger partial charge < -0.3 is 10.0 Å². The van der Waals surface area contributed by atoms with E-state index in [0.29, 0.717) is 23.9 Å². The van der Waals surface area contributed by atoms with Crippen LogP contribution in [0.4, 0.5) is 11.5 Å². The van der Waals surface area contributed by atoms with Crippen molar-refractivity contribution in [2.45, 2.75) is 18.9 Å². The molecule has 2 aromatic rings. The molecule has 1 aromatic carbocycles. The summed E-state index contributed by atoms with van der Waals surface area (Å²) >= 11 is 5.88. The highest BCUT2D eigenvalue weighted by molar-refractivity contribution is 6.30. The number of anilines is 1. The van der Waals surface area contributed by atoms with Crippen molar-refractivity contribution in [1.82, 2.24) is 4.98 Å². The third-order valence-electron chi connectivity index (χ3n) is 4.46. The topological polar surface area (TPSA) is 79.5 Å². The zero-order valence-electron chi connectivity index (χ0n) is 13.0. The van der Waals surface area contributed by atoms with Crippen LogP contribution in [0, 0.1) is 16.0 Å². The summed E-state index contributed by atoms with van der Waals surface area (Å²) < 4.78 is 0. The second-order valence-electron chi connectivity index (χ2n) is 5.92. The molecule has 6 nitrogen and oxygen atoms in total. The first-order valence-electron chi connectivity index (χ1n) is 7.84. The Kier molecular flexibility index (Phi) is 4.97. The van der Waals surface area contributed by atoms with Gasteiger partial charge in [0.25, 0.3) is 0 Å². The van der Waals surface area contributed by atoms with Gasteiger partial charge in [0.15, 0.2) is 0 Å². The highest BCUT2D eigenvalue weighted by atomic mass is 35.5. The Balaban J connectivity index is 1.68. The van der Waals surface area contributed by atoms with Gasteiger partial charge in [0.05, 0.1) is 11.0 Å². The highest BCUT2D eigenvalue weighted by Crippen LogP contribution is 2.34. The van der Waals surface area contributed by atoms with Gasteiger partial charge >= 0.3 is 5.69 Å². The minimum atomic E-state index is -0.553. The molecular formula is C17H18ClN3O3. The van der Waals surface area contributed by atoms with E-state index in [1.807, 2.05) is 17.0 Å². The van der Waals surface area contributed by atoms with Crippen LogP contribution in [0.2, 0.25) is 5.02 Å². The van der Waals surface area contributed by atoms with Gasteiger partial charge in [-0.15, -0.1) is 0 Å². The van der Waals surface area contributed by atoms with Gasteiger partial charge in [-0.25, -0.2) is 4.98 Å². The van der Waals surface area contributed by atoms with E-state index in [4.69, 9.17) is 11.6 Å². The predicted octanol–water partition coefficient (Wildman–Crippen LogP) is 3.59.